The summed E-state index contributed by atoms with van der Waals surface area (Å²) in [6, 6.07) is 2.92. The Kier molecular flexibility index (Phi) is 9.39. The molecule has 4 heteroatoms. The standard InChI is InChI=1S/C22H34O4/c1-15(2)9-5-7-11-17-18(12-8-6-10-16(3)4)20(22(25)26)14-13-19(17)21(23)24/h13-16H,5-12H2,1-4H3,(H,23,24)(H,25,26). The molecule has 0 aliphatic heterocycles. The summed E-state index contributed by atoms with van der Waals surface area (Å²) in [5.41, 5.74) is 1.98. The number of hydrogen-bond acceptors (Lipinski definition) is 2. The van der Waals surface area contributed by atoms with E-state index in [1.54, 1.807) is 0 Å². The van der Waals surface area contributed by atoms with Crippen molar-refractivity contribution in [1.82, 2.24) is 0 Å². The molecule has 0 unspecified atom stereocenters. The molecule has 0 fully saturated rings. The first kappa shape index (κ1) is 22.2. The van der Waals surface area contributed by atoms with Crippen LogP contribution in [-0.4, -0.2) is 22.2 Å². The van der Waals surface area contributed by atoms with Gasteiger partial charge in [0.1, 0.15) is 0 Å². The number of carboxylic acid groups (broad SMARTS) is 2. The number of carboxylic acids is 2. The molecular formula is C22H34O4. The fourth-order valence-electron chi connectivity index (χ4n) is 3.37. The van der Waals surface area contributed by atoms with Crippen molar-refractivity contribution in [3.63, 3.8) is 0 Å². The van der Waals surface area contributed by atoms with E-state index in [4.69, 9.17) is 0 Å². The summed E-state index contributed by atoms with van der Waals surface area (Å²) in [7, 11) is 0. The predicted octanol–water partition coefficient (Wildman–Crippen LogP) is 5.82. The van der Waals surface area contributed by atoms with Gasteiger partial charge in [-0.25, -0.2) is 9.59 Å². The molecule has 4 nitrogen and oxygen atoms in total. The van der Waals surface area contributed by atoms with Gasteiger partial charge in [-0.2, -0.15) is 0 Å². The molecule has 0 spiro atoms. The highest BCUT2D eigenvalue weighted by molar-refractivity contribution is 5.95. The Morgan fingerprint density at radius 1 is 0.731 bits per heavy atom. The lowest BCUT2D eigenvalue weighted by atomic mass is 9.88. The second-order valence-electron chi connectivity index (χ2n) is 8.01. The Morgan fingerprint density at radius 3 is 1.35 bits per heavy atom. The van der Waals surface area contributed by atoms with Crippen molar-refractivity contribution in [3.05, 3.63) is 34.4 Å². The number of benzene rings is 1. The fraction of sp³-hybridized carbons (Fsp3) is 0.636. The van der Waals surface area contributed by atoms with Gasteiger partial charge in [-0.05, 0) is 60.8 Å². The highest BCUT2D eigenvalue weighted by atomic mass is 16.4. The summed E-state index contributed by atoms with van der Waals surface area (Å²) in [4.78, 5) is 23.3. The summed E-state index contributed by atoms with van der Waals surface area (Å²) < 4.78 is 0. The van der Waals surface area contributed by atoms with Crippen molar-refractivity contribution in [2.24, 2.45) is 11.8 Å². The summed E-state index contributed by atoms with van der Waals surface area (Å²) >= 11 is 0. The lowest BCUT2D eigenvalue weighted by molar-refractivity contribution is 0.0679. The van der Waals surface area contributed by atoms with Crippen LogP contribution in [0.4, 0.5) is 0 Å². The predicted molar refractivity (Wildman–Crippen MR) is 105 cm³/mol. The van der Waals surface area contributed by atoms with Crippen molar-refractivity contribution in [3.8, 4) is 0 Å². The molecule has 1 aromatic rings. The molecule has 1 aromatic carbocycles. The first-order valence-corrected chi connectivity index (χ1v) is 9.85. The Hall–Kier alpha value is -1.84. The van der Waals surface area contributed by atoms with Gasteiger partial charge in [-0.1, -0.05) is 53.4 Å². The average Bonchev–Trinajstić information content (AvgIpc) is 2.54. The quantitative estimate of drug-likeness (QED) is 0.459. The topological polar surface area (TPSA) is 74.6 Å². The summed E-state index contributed by atoms with van der Waals surface area (Å²) in [6.45, 7) is 8.70. The number of unbranched alkanes of at least 4 members (excludes halogenated alkanes) is 2. The monoisotopic (exact) mass is 362 g/mol. The molecule has 2 N–H and O–H groups in total. The van der Waals surface area contributed by atoms with Crippen LogP contribution in [0.2, 0.25) is 0 Å². The molecule has 0 aromatic heterocycles. The van der Waals surface area contributed by atoms with E-state index in [0.717, 1.165) is 49.7 Å². The van der Waals surface area contributed by atoms with Crippen LogP contribution < -0.4 is 0 Å². The van der Waals surface area contributed by atoms with E-state index in [-0.39, 0.29) is 11.1 Å². The molecule has 0 bridgehead atoms. The van der Waals surface area contributed by atoms with E-state index in [2.05, 4.69) is 27.7 Å². The molecule has 0 heterocycles. The highest BCUT2D eigenvalue weighted by Gasteiger charge is 2.20. The van der Waals surface area contributed by atoms with Crippen molar-refractivity contribution in [2.75, 3.05) is 0 Å². The first-order valence-electron chi connectivity index (χ1n) is 9.85. The van der Waals surface area contributed by atoms with Gasteiger partial charge in [-0.3, -0.25) is 0 Å². The van der Waals surface area contributed by atoms with Crippen LogP contribution in [0.1, 0.15) is 98.1 Å². The minimum Gasteiger partial charge on any atom is -0.478 e. The van der Waals surface area contributed by atoms with Crippen LogP contribution in [-0.2, 0) is 12.8 Å². The molecule has 26 heavy (non-hydrogen) atoms. The van der Waals surface area contributed by atoms with Crippen LogP contribution in [0, 0.1) is 11.8 Å². The number of rotatable bonds is 12. The molecule has 0 aliphatic rings. The van der Waals surface area contributed by atoms with Gasteiger partial charge in [0, 0.05) is 0 Å². The summed E-state index contributed by atoms with van der Waals surface area (Å²) in [5, 5.41) is 19.1. The van der Waals surface area contributed by atoms with Crippen molar-refractivity contribution >= 4 is 11.9 Å². The Bertz CT molecular complexity index is 549. The zero-order valence-electron chi connectivity index (χ0n) is 16.7. The number of hydrogen-bond donors (Lipinski definition) is 2. The van der Waals surface area contributed by atoms with Crippen LogP contribution >= 0.6 is 0 Å². The van der Waals surface area contributed by atoms with E-state index >= 15 is 0 Å². The first-order chi connectivity index (χ1) is 12.2. The molecule has 146 valence electrons. The smallest absolute Gasteiger partial charge is 0.335 e. The third-order valence-corrected chi connectivity index (χ3v) is 4.81. The summed E-state index contributed by atoms with van der Waals surface area (Å²) in [6.07, 6.45) is 7.31. The molecular weight excluding hydrogens is 328 g/mol. The van der Waals surface area contributed by atoms with E-state index in [9.17, 15) is 19.8 Å². The van der Waals surface area contributed by atoms with Gasteiger partial charge in [0.05, 0.1) is 11.1 Å². The normalized spacial score (nSPS) is 11.3. The Balaban J connectivity index is 3.06. The van der Waals surface area contributed by atoms with E-state index in [1.807, 2.05) is 0 Å². The van der Waals surface area contributed by atoms with Gasteiger partial charge in [0.2, 0.25) is 0 Å². The van der Waals surface area contributed by atoms with Gasteiger partial charge in [0.25, 0.3) is 0 Å². The van der Waals surface area contributed by atoms with Gasteiger partial charge in [-0.15, -0.1) is 0 Å². The third kappa shape index (κ3) is 7.19. The van der Waals surface area contributed by atoms with E-state index in [1.165, 1.54) is 12.1 Å². The third-order valence-electron chi connectivity index (χ3n) is 4.81. The zero-order chi connectivity index (χ0) is 19.7. The van der Waals surface area contributed by atoms with Gasteiger partial charge >= 0.3 is 11.9 Å². The Labute approximate surface area is 157 Å². The average molecular weight is 363 g/mol. The minimum absolute atomic E-state index is 0.262. The maximum Gasteiger partial charge on any atom is 0.335 e. The second kappa shape index (κ2) is 11.0. The van der Waals surface area contributed by atoms with Crippen molar-refractivity contribution in [2.45, 2.75) is 79.1 Å². The Morgan fingerprint density at radius 2 is 1.08 bits per heavy atom. The van der Waals surface area contributed by atoms with Crippen molar-refractivity contribution < 1.29 is 19.8 Å². The lowest BCUT2D eigenvalue weighted by Gasteiger charge is -2.16. The molecule has 0 atom stereocenters. The van der Waals surface area contributed by atoms with E-state index < -0.39 is 11.9 Å². The van der Waals surface area contributed by atoms with Gasteiger partial charge in [0.15, 0.2) is 0 Å². The lowest BCUT2D eigenvalue weighted by Crippen LogP contribution is -2.12. The fourth-order valence-corrected chi connectivity index (χ4v) is 3.37. The molecule has 0 amide bonds. The molecule has 0 saturated heterocycles. The highest BCUT2D eigenvalue weighted by Crippen LogP contribution is 2.25. The molecule has 0 saturated carbocycles. The number of carbonyl (C=O) groups is 2. The van der Waals surface area contributed by atoms with Crippen LogP contribution in [0.5, 0.6) is 0 Å². The van der Waals surface area contributed by atoms with E-state index in [0.29, 0.717) is 24.7 Å². The maximum atomic E-state index is 11.7. The minimum atomic E-state index is -0.968. The maximum absolute atomic E-state index is 11.7. The zero-order valence-corrected chi connectivity index (χ0v) is 16.7. The number of aromatic carboxylic acids is 2. The molecule has 0 radical (unpaired) electrons. The van der Waals surface area contributed by atoms with Gasteiger partial charge < -0.3 is 10.2 Å². The largest absolute Gasteiger partial charge is 0.478 e. The molecule has 1 rings (SSSR count). The van der Waals surface area contributed by atoms with Crippen LogP contribution in [0.3, 0.4) is 0 Å². The summed E-state index contributed by atoms with van der Waals surface area (Å²) in [5.74, 6) is -0.696. The SMILES string of the molecule is CC(C)CCCCc1c(C(=O)O)ccc(C(=O)O)c1CCCCC(C)C. The molecule has 0 aliphatic carbocycles. The van der Waals surface area contributed by atoms with Crippen LogP contribution in [0.15, 0.2) is 12.1 Å². The second-order valence-corrected chi connectivity index (χ2v) is 8.01. The van der Waals surface area contributed by atoms with Crippen molar-refractivity contribution in [1.29, 1.82) is 0 Å². The van der Waals surface area contributed by atoms with Crippen LogP contribution in [0.25, 0.3) is 0 Å².